The standard InChI is InChI=1S/C18H22ClN3OS/c1-11-14(12(2)22-18(21-11)24-4)9-10-17(23)20-13(3)15-7-5-6-8-16(15)19/h5-8,13H,9-10H2,1-4H3,(H,20,23)/t13-/m0/s1. The summed E-state index contributed by atoms with van der Waals surface area (Å²) in [5.74, 6) is -0.00448. The molecule has 0 saturated heterocycles. The highest BCUT2D eigenvalue weighted by Gasteiger charge is 2.14. The predicted octanol–water partition coefficient (Wildman–Crippen LogP) is 4.28. The highest BCUT2D eigenvalue weighted by Crippen LogP contribution is 2.22. The van der Waals surface area contributed by atoms with E-state index in [0.29, 0.717) is 17.9 Å². The maximum absolute atomic E-state index is 12.3. The van der Waals surface area contributed by atoms with E-state index in [4.69, 9.17) is 11.6 Å². The van der Waals surface area contributed by atoms with E-state index < -0.39 is 0 Å². The van der Waals surface area contributed by atoms with Gasteiger partial charge in [-0.1, -0.05) is 41.6 Å². The van der Waals surface area contributed by atoms with Gasteiger partial charge in [0.2, 0.25) is 5.91 Å². The molecule has 0 aliphatic heterocycles. The molecule has 0 fully saturated rings. The molecule has 0 saturated carbocycles. The molecule has 0 spiro atoms. The van der Waals surface area contributed by atoms with Crippen molar-refractivity contribution in [1.82, 2.24) is 15.3 Å². The molecule has 1 aromatic heterocycles. The Labute approximate surface area is 152 Å². The number of carbonyl (C=O) groups is 1. The van der Waals surface area contributed by atoms with Gasteiger partial charge in [-0.2, -0.15) is 0 Å². The van der Waals surface area contributed by atoms with Crippen LogP contribution in [0, 0.1) is 13.8 Å². The third-order valence-corrected chi connectivity index (χ3v) is 4.83. The average molecular weight is 364 g/mol. The van der Waals surface area contributed by atoms with E-state index in [9.17, 15) is 4.79 Å². The van der Waals surface area contributed by atoms with Gasteiger partial charge in [-0.05, 0) is 50.6 Å². The zero-order chi connectivity index (χ0) is 17.7. The number of aromatic nitrogens is 2. The fourth-order valence-corrected chi connectivity index (χ4v) is 3.37. The number of benzene rings is 1. The largest absolute Gasteiger partial charge is 0.350 e. The Morgan fingerprint density at radius 2 is 1.88 bits per heavy atom. The molecule has 24 heavy (non-hydrogen) atoms. The predicted molar refractivity (Wildman–Crippen MR) is 99.6 cm³/mol. The summed E-state index contributed by atoms with van der Waals surface area (Å²) in [6, 6.07) is 7.43. The van der Waals surface area contributed by atoms with E-state index in [1.165, 1.54) is 11.8 Å². The van der Waals surface area contributed by atoms with Gasteiger partial charge in [0.05, 0.1) is 6.04 Å². The highest BCUT2D eigenvalue weighted by molar-refractivity contribution is 7.98. The minimum atomic E-state index is -0.122. The molecule has 2 aromatic rings. The van der Waals surface area contributed by atoms with Crippen LogP contribution in [-0.2, 0) is 11.2 Å². The third-order valence-electron chi connectivity index (χ3n) is 3.93. The number of aryl methyl sites for hydroxylation is 2. The van der Waals surface area contributed by atoms with Crippen LogP contribution in [0.2, 0.25) is 5.02 Å². The highest BCUT2D eigenvalue weighted by atomic mass is 35.5. The Bertz CT molecular complexity index is 713. The van der Waals surface area contributed by atoms with Crippen molar-refractivity contribution in [3.8, 4) is 0 Å². The Morgan fingerprint density at radius 1 is 1.25 bits per heavy atom. The van der Waals surface area contributed by atoms with Crippen LogP contribution in [0.1, 0.15) is 41.9 Å². The van der Waals surface area contributed by atoms with E-state index in [1.807, 2.05) is 51.3 Å². The van der Waals surface area contributed by atoms with Gasteiger partial charge in [-0.15, -0.1) is 0 Å². The second kappa shape index (κ2) is 8.49. The number of rotatable bonds is 6. The van der Waals surface area contributed by atoms with Crippen molar-refractivity contribution in [2.45, 2.75) is 44.8 Å². The molecular weight excluding hydrogens is 342 g/mol. The molecule has 128 valence electrons. The number of hydrogen-bond acceptors (Lipinski definition) is 4. The molecule has 6 heteroatoms. The first kappa shape index (κ1) is 18.7. The molecule has 0 aliphatic carbocycles. The lowest BCUT2D eigenvalue weighted by Crippen LogP contribution is -2.27. The number of halogens is 1. The van der Waals surface area contributed by atoms with Crippen LogP contribution in [0.3, 0.4) is 0 Å². The van der Waals surface area contributed by atoms with E-state index in [-0.39, 0.29) is 11.9 Å². The average Bonchev–Trinajstić information content (AvgIpc) is 2.54. The van der Waals surface area contributed by atoms with Crippen LogP contribution in [0.5, 0.6) is 0 Å². The summed E-state index contributed by atoms with van der Waals surface area (Å²) in [6.07, 6.45) is 2.99. The quantitative estimate of drug-likeness (QED) is 0.614. The van der Waals surface area contributed by atoms with E-state index in [0.717, 1.165) is 27.7 Å². The molecule has 1 N–H and O–H groups in total. The summed E-state index contributed by atoms with van der Waals surface area (Å²) in [5.41, 5.74) is 3.86. The number of nitrogens with zero attached hydrogens (tertiary/aromatic N) is 2. The lowest BCUT2D eigenvalue weighted by Gasteiger charge is -2.16. The van der Waals surface area contributed by atoms with Crippen LogP contribution in [-0.4, -0.2) is 22.1 Å². The maximum atomic E-state index is 12.3. The fourth-order valence-electron chi connectivity index (χ4n) is 2.62. The molecule has 0 bridgehead atoms. The van der Waals surface area contributed by atoms with Gasteiger partial charge in [0.15, 0.2) is 5.16 Å². The van der Waals surface area contributed by atoms with Crippen LogP contribution in [0.15, 0.2) is 29.4 Å². The minimum Gasteiger partial charge on any atom is -0.350 e. The van der Waals surface area contributed by atoms with Gasteiger partial charge in [-0.3, -0.25) is 4.79 Å². The first-order valence-electron chi connectivity index (χ1n) is 7.84. The molecule has 1 atom stereocenters. The number of amides is 1. The van der Waals surface area contributed by atoms with Crippen molar-refractivity contribution in [3.05, 3.63) is 51.8 Å². The first-order chi connectivity index (χ1) is 11.4. The fraction of sp³-hybridized carbons (Fsp3) is 0.389. The molecule has 1 heterocycles. The second-order valence-electron chi connectivity index (χ2n) is 5.67. The van der Waals surface area contributed by atoms with E-state index in [1.54, 1.807) is 0 Å². The van der Waals surface area contributed by atoms with Crippen LogP contribution < -0.4 is 5.32 Å². The molecule has 4 nitrogen and oxygen atoms in total. The van der Waals surface area contributed by atoms with Crippen LogP contribution in [0.25, 0.3) is 0 Å². The summed E-state index contributed by atoms with van der Waals surface area (Å²) >= 11 is 7.70. The molecule has 2 rings (SSSR count). The van der Waals surface area contributed by atoms with Gasteiger partial charge in [0.25, 0.3) is 0 Å². The number of hydrogen-bond donors (Lipinski definition) is 1. The summed E-state index contributed by atoms with van der Waals surface area (Å²) in [6.45, 7) is 5.87. The van der Waals surface area contributed by atoms with Crippen molar-refractivity contribution >= 4 is 29.3 Å². The normalized spacial score (nSPS) is 12.0. The molecule has 1 amide bonds. The smallest absolute Gasteiger partial charge is 0.220 e. The van der Waals surface area contributed by atoms with Crippen LogP contribution in [0.4, 0.5) is 0 Å². The first-order valence-corrected chi connectivity index (χ1v) is 9.44. The van der Waals surface area contributed by atoms with Crippen molar-refractivity contribution < 1.29 is 4.79 Å². The summed E-state index contributed by atoms with van der Waals surface area (Å²) < 4.78 is 0. The van der Waals surface area contributed by atoms with Gasteiger partial charge in [0, 0.05) is 22.8 Å². The Balaban J connectivity index is 1.98. The lowest BCUT2D eigenvalue weighted by molar-refractivity contribution is -0.121. The van der Waals surface area contributed by atoms with Crippen molar-refractivity contribution in [2.75, 3.05) is 6.26 Å². The van der Waals surface area contributed by atoms with Gasteiger partial charge in [0.1, 0.15) is 0 Å². The molecular formula is C18H22ClN3OS. The monoisotopic (exact) mass is 363 g/mol. The molecule has 0 unspecified atom stereocenters. The summed E-state index contributed by atoms with van der Waals surface area (Å²) in [4.78, 5) is 21.2. The van der Waals surface area contributed by atoms with E-state index in [2.05, 4.69) is 15.3 Å². The molecule has 0 radical (unpaired) electrons. The number of thioether (sulfide) groups is 1. The molecule has 1 aromatic carbocycles. The lowest BCUT2D eigenvalue weighted by atomic mass is 10.1. The zero-order valence-corrected chi connectivity index (χ0v) is 16.0. The Hall–Kier alpha value is -1.59. The second-order valence-corrected chi connectivity index (χ2v) is 6.85. The third kappa shape index (κ3) is 4.71. The van der Waals surface area contributed by atoms with Gasteiger partial charge < -0.3 is 5.32 Å². The van der Waals surface area contributed by atoms with Gasteiger partial charge >= 0.3 is 0 Å². The van der Waals surface area contributed by atoms with Gasteiger partial charge in [-0.25, -0.2) is 9.97 Å². The van der Waals surface area contributed by atoms with Crippen molar-refractivity contribution in [1.29, 1.82) is 0 Å². The maximum Gasteiger partial charge on any atom is 0.220 e. The van der Waals surface area contributed by atoms with E-state index >= 15 is 0 Å². The summed E-state index contributed by atoms with van der Waals surface area (Å²) in [5, 5.41) is 4.43. The van der Waals surface area contributed by atoms with Crippen LogP contribution >= 0.6 is 23.4 Å². The Kier molecular flexibility index (Phi) is 6.63. The number of carbonyl (C=O) groups excluding carboxylic acids is 1. The minimum absolute atomic E-state index is 0.00448. The number of nitrogens with one attached hydrogen (secondary N) is 1. The van der Waals surface area contributed by atoms with Crippen molar-refractivity contribution in [3.63, 3.8) is 0 Å². The SMILES string of the molecule is CSc1nc(C)c(CCC(=O)N[C@@H](C)c2ccccc2Cl)c(C)n1. The van der Waals surface area contributed by atoms with Crippen molar-refractivity contribution in [2.24, 2.45) is 0 Å². The molecule has 0 aliphatic rings. The Morgan fingerprint density at radius 3 is 2.46 bits per heavy atom. The zero-order valence-electron chi connectivity index (χ0n) is 14.4. The summed E-state index contributed by atoms with van der Waals surface area (Å²) in [7, 11) is 0. The topological polar surface area (TPSA) is 54.9 Å².